The lowest BCUT2D eigenvalue weighted by molar-refractivity contribution is 0.262. The van der Waals surface area contributed by atoms with Gasteiger partial charge in [-0.3, -0.25) is 14.7 Å². The number of carbonyl (C=O) groups excluding carboxylic acids is 1. The molecule has 5 aromatic rings. The molecule has 0 atom stereocenters. The van der Waals surface area contributed by atoms with Crippen molar-refractivity contribution in [3.8, 4) is 16.8 Å². The summed E-state index contributed by atoms with van der Waals surface area (Å²) in [5, 5.41) is 13.7. The number of nitrogens with one attached hydrogen (secondary N) is 3. The van der Waals surface area contributed by atoms with E-state index in [-0.39, 0.29) is 23.2 Å². The van der Waals surface area contributed by atoms with Gasteiger partial charge in [0.1, 0.15) is 17.3 Å². The van der Waals surface area contributed by atoms with Crippen molar-refractivity contribution in [2.45, 2.75) is 51.5 Å². The summed E-state index contributed by atoms with van der Waals surface area (Å²) in [4.78, 5) is 36.0. The third-order valence-corrected chi connectivity index (χ3v) is 7.77. The van der Waals surface area contributed by atoms with Crippen molar-refractivity contribution in [3.05, 3.63) is 88.7 Å². The summed E-state index contributed by atoms with van der Waals surface area (Å²) in [5.41, 5.74) is 2.73. The summed E-state index contributed by atoms with van der Waals surface area (Å²) in [7, 11) is 1.73. The maximum Gasteiger partial charge on any atom is 0.324 e. The van der Waals surface area contributed by atoms with Crippen LogP contribution < -0.4 is 21.5 Å². The van der Waals surface area contributed by atoms with Gasteiger partial charge in [0.2, 0.25) is 5.95 Å². The molecule has 43 heavy (non-hydrogen) atoms. The van der Waals surface area contributed by atoms with Crippen molar-refractivity contribution in [3.63, 3.8) is 0 Å². The topological polar surface area (TPSA) is 119 Å². The van der Waals surface area contributed by atoms with Gasteiger partial charge in [-0.05, 0) is 54.7 Å². The van der Waals surface area contributed by atoms with E-state index in [1.165, 1.54) is 12.1 Å². The Kier molecular flexibility index (Phi) is 7.62. The summed E-state index contributed by atoms with van der Waals surface area (Å²) in [6.45, 7) is 4.03. The molecule has 1 aliphatic carbocycles. The quantitative estimate of drug-likeness (QED) is 0.197. The SMILES string of the molecule is CNc1ncc2cc(-c3ccc(F)c(NC(=O)Nc4cc(C(C)C)nn4-c4ccccc4)c3)c(=O)n(C3CCCC3)c2n1. The third-order valence-electron chi connectivity index (χ3n) is 7.77. The number of para-hydroxylation sites is 1. The Morgan fingerprint density at radius 2 is 1.79 bits per heavy atom. The zero-order chi connectivity index (χ0) is 30.1. The second-order valence-electron chi connectivity index (χ2n) is 11.0. The number of anilines is 3. The first-order chi connectivity index (χ1) is 20.8. The van der Waals surface area contributed by atoms with Crippen LogP contribution in [0.3, 0.4) is 0 Å². The minimum absolute atomic E-state index is 0.0172. The Morgan fingerprint density at radius 1 is 1.02 bits per heavy atom. The van der Waals surface area contributed by atoms with Gasteiger partial charge < -0.3 is 10.6 Å². The van der Waals surface area contributed by atoms with E-state index in [0.717, 1.165) is 37.1 Å². The number of hydrogen-bond donors (Lipinski definition) is 3. The fourth-order valence-corrected chi connectivity index (χ4v) is 5.54. The van der Waals surface area contributed by atoms with Gasteiger partial charge in [-0.25, -0.2) is 18.9 Å². The van der Waals surface area contributed by atoms with Crippen LogP contribution in [0, 0.1) is 5.82 Å². The molecule has 0 aliphatic heterocycles. The Hall–Kier alpha value is -5.06. The molecule has 3 N–H and O–H groups in total. The number of urea groups is 1. The van der Waals surface area contributed by atoms with E-state index in [1.54, 1.807) is 40.7 Å². The van der Waals surface area contributed by atoms with Gasteiger partial charge >= 0.3 is 6.03 Å². The molecule has 6 rings (SSSR count). The largest absolute Gasteiger partial charge is 0.357 e. The van der Waals surface area contributed by atoms with Crippen LogP contribution in [0.4, 0.5) is 26.6 Å². The molecule has 0 saturated heterocycles. The van der Waals surface area contributed by atoms with Crippen LogP contribution in [0.1, 0.15) is 57.2 Å². The first-order valence-electron chi connectivity index (χ1n) is 14.5. The van der Waals surface area contributed by atoms with Gasteiger partial charge in [0.15, 0.2) is 0 Å². The Bertz CT molecular complexity index is 1860. The molecule has 11 heteroatoms. The van der Waals surface area contributed by atoms with Gasteiger partial charge in [0.05, 0.1) is 17.1 Å². The Balaban J connectivity index is 1.34. The summed E-state index contributed by atoms with van der Waals surface area (Å²) >= 11 is 0. The zero-order valence-electron chi connectivity index (χ0n) is 24.3. The number of carbonyl (C=O) groups is 1. The second-order valence-corrected chi connectivity index (χ2v) is 11.0. The maximum absolute atomic E-state index is 15.0. The lowest BCUT2D eigenvalue weighted by atomic mass is 10.0. The van der Waals surface area contributed by atoms with Crippen molar-refractivity contribution >= 4 is 34.5 Å². The average molecular weight is 581 g/mol. The number of aromatic nitrogens is 5. The highest BCUT2D eigenvalue weighted by Crippen LogP contribution is 2.33. The molecule has 2 amide bonds. The van der Waals surface area contributed by atoms with Crippen LogP contribution in [0.5, 0.6) is 0 Å². The van der Waals surface area contributed by atoms with E-state index >= 15 is 4.39 Å². The van der Waals surface area contributed by atoms with Gasteiger partial charge in [-0.15, -0.1) is 0 Å². The molecular weight excluding hydrogens is 547 g/mol. The van der Waals surface area contributed by atoms with Gasteiger partial charge in [-0.2, -0.15) is 10.1 Å². The fourth-order valence-electron chi connectivity index (χ4n) is 5.54. The molecular formula is C32H33FN8O2. The summed E-state index contributed by atoms with van der Waals surface area (Å²) < 4.78 is 18.4. The van der Waals surface area contributed by atoms with Crippen LogP contribution in [0.15, 0.2) is 71.7 Å². The van der Waals surface area contributed by atoms with E-state index in [4.69, 9.17) is 0 Å². The van der Waals surface area contributed by atoms with Crippen LogP contribution in [0.25, 0.3) is 27.8 Å². The summed E-state index contributed by atoms with van der Waals surface area (Å²) in [5.74, 6) is 0.379. The number of fused-ring (bicyclic) bond motifs is 1. The molecule has 10 nitrogen and oxygen atoms in total. The fraction of sp³-hybridized carbons (Fsp3) is 0.281. The average Bonchev–Trinajstić information content (AvgIpc) is 3.69. The standard InChI is InChI=1S/C32H33FN8O2/c1-19(2)26-17-28(41(39-26)23-11-5-4-6-12-23)37-32(43)36-27-16-20(13-14-25(27)33)24-15-21-18-35-31(34-3)38-29(21)40(30(24)42)22-9-7-8-10-22/h4-6,11-19,22H,7-10H2,1-3H3,(H,34,35,38)(H2,36,37,43). The van der Waals surface area contributed by atoms with Gasteiger partial charge in [-0.1, -0.05) is 51.0 Å². The highest BCUT2D eigenvalue weighted by molar-refractivity contribution is 6.00. The molecule has 220 valence electrons. The molecule has 0 bridgehead atoms. The highest BCUT2D eigenvalue weighted by atomic mass is 19.1. The molecule has 1 aliphatic rings. The molecule has 0 spiro atoms. The van der Waals surface area contributed by atoms with Crippen molar-refractivity contribution in [1.82, 2.24) is 24.3 Å². The van der Waals surface area contributed by atoms with E-state index in [1.807, 2.05) is 44.2 Å². The number of halogens is 1. The minimum Gasteiger partial charge on any atom is -0.357 e. The van der Waals surface area contributed by atoms with Crippen LogP contribution >= 0.6 is 0 Å². The minimum atomic E-state index is -0.640. The maximum atomic E-state index is 15.0. The number of nitrogens with zero attached hydrogens (tertiary/aromatic N) is 5. The number of rotatable bonds is 7. The monoisotopic (exact) mass is 580 g/mol. The van der Waals surface area contributed by atoms with Crippen molar-refractivity contribution in [2.75, 3.05) is 23.0 Å². The molecule has 0 radical (unpaired) electrons. The van der Waals surface area contributed by atoms with Crippen molar-refractivity contribution in [1.29, 1.82) is 0 Å². The van der Waals surface area contributed by atoms with E-state index < -0.39 is 11.8 Å². The predicted molar refractivity (Wildman–Crippen MR) is 167 cm³/mol. The van der Waals surface area contributed by atoms with Crippen molar-refractivity contribution in [2.24, 2.45) is 0 Å². The number of pyridine rings is 1. The van der Waals surface area contributed by atoms with Gasteiger partial charge in [0.25, 0.3) is 5.56 Å². The van der Waals surface area contributed by atoms with E-state index in [9.17, 15) is 9.59 Å². The molecule has 1 saturated carbocycles. The number of benzene rings is 2. The second kappa shape index (κ2) is 11.7. The summed E-state index contributed by atoms with van der Waals surface area (Å²) in [6, 6.07) is 16.6. The highest BCUT2D eigenvalue weighted by Gasteiger charge is 2.24. The van der Waals surface area contributed by atoms with E-state index in [0.29, 0.717) is 33.9 Å². The van der Waals surface area contributed by atoms with Crippen molar-refractivity contribution < 1.29 is 9.18 Å². The molecule has 0 unspecified atom stereocenters. The first-order valence-corrected chi connectivity index (χ1v) is 14.5. The zero-order valence-corrected chi connectivity index (χ0v) is 24.3. The van der Waals surface area contributed by atoms with Crippen LogP contribution in [-0.4, -0.2) is 37.4 Å². The predicted octanol–water partition coefficient (Wildman–Crippen LogP) is 6.71. The number of amides is 2. The number of hydrogen-bond acceptors (Lipinski definition) is 6. The molecule has 2 aromatic carbocycles. The normalized spacial score (nSPS) is 13.5. The molecule has 3 heterocycles. The Labute approximate surface area is 248 Å². The van der Waals surface area contributed by atoms with Crippen LogP contribution in [-0.2, 0) is 0 Å². The molecule has 3 aromatic heterocycles. The van der Waals surface area contributed by atoms with Crippen LogP contribution in [0.2, 0.25) is 0 Å². The lowest BCUT2D eigenvalue weighted by Crippen LogP contribution is -2.26. The smallest absolute Gasteiger partial charge is 0.324 e. The molecule has 1 fully saturated rings. The van der Waals surface area contributed by atoms with E-state index in [2.05, 4.69) is 31.0 Å². The summed E-state index contributed by atoms with van der Waals surface area (Å²) in [6.07, 6.45) is 5.51. The van der Waals surface area contributed by atoms with Gasteiger partial charge in [0, 0.05) is 36.3 Å². The lowest BCUT2D eigenvalue weighted by Gasteiger charge is -2.18. The Morgan fingerprint density at radius 3 is 2.51 bits per heavy atom. The third kappa shape index (κ3) is 5.57. The first kappa shape index (κ1) is 28.1.